The Morgan fingerprint density at radius 3 is 2.63 bits per heavy atom. The molecule has 0 aliphatic carbocycles. The molecule has 106 valence electrons. The first kappa shape index (κ1) is 16.0. The van der Waals surface area contributed by atoms with E-state index in [2.05, 4.69) is 0 Å². The van der Waals surface area contributed by atoms with Crippen LogP contribution in [0.2, 0.25) is 0 Å². The highest BCUT2D eigenvalue weighted by Gasteiger charge is 2.32. The Bertz CT molecular complexity index is 411. The second-order valence-electron chi connectivity index (χ2n) is 4.85. The van der Waals surface area contributed by atoms with Crippen LogP contribution in [0.1, 0.15) is 25.5 Å². The zero-order valence-corrected chi connectivity index (χ0v) is 12.1. The number of rotatable bonds is 2. The van der Waals surface area contributed by atoms with Gasteiger partial charge in [0.2, 0.25) is 5.91 Å². The predicted octanol–water partition coefficient (Wildman–Crippen LogP) is 1.74. The minimum absolute atomic E-state index is 0. The summed E-state index contributed by atoms with van der Waals surface area (Å²) in [5.74, 6) is -0.0148. The van der Waals surface area contributed by atoms with Gasteiger partial charge in [-0.3, -0.25) is 4.79 Å². The number of amides is 1. The highest BCUT2D eigenvalue weighted by atomic mass is 35.5. The van der Waals surface area contributed by atoms with E-state index in [1.165, 1.54) is 0 Å². The molecule has 1 aliphatic rings. The van der Waals surface area contributed by atoms with Crippen molar-refractivity contribution >= 4 is 18.3 Å². The Labute approximate surface area is 120 Å². The molecule has 1 aromatic carbocycles. The van der Waals surface area contributed by atoms with Gasteiger partial charge in [-0.15, -0.1) is 12.4 Å². The van der Waals surface area contributed by atoms with Gasteiger partial charge in [0.25, 0.3) is 0 Å². The van der Waals surface area contributed by atoms with Gasteiger partial charge >= 0.3 is 0 Å². The lowest BCUT2D eigenvalue weighted by Crippen LogP contribution is -2.51. The fraction of sp³-hybridized carbons (Fsp3) is 0.500. The number of hydrogen-bond acceptors (Lipinski definition) is 3. The normalized spacial score (nSPS) is 24.5. The standard InChI is InChI=1S/C14H20N2O2.ClH/c1-10-8-16(14(17)11(2)15)13(9-18-10)12-6-4-3-5-7-12;/h3-7,10-11,13H,8-9,15H2,1-2H3;1H/t10?,11-,13?;/m0./s1. The first-order chi connectivity index (χ1) is 8.59. The summed E-state index contributed by atoms with van der Waals surface area (Å²) in [6.45, 7) is 4.83. The summed E-state index contributed by atoms with van der Waals surface area (Å²) < 4.78 is 5.67. The maximum Gasteiger partial charge on any atom is 0.239 e. The molecule has 1 heterocycles. The number of hydrogen-bond donors (Lipinski definition) is 1. The van der Waals surface area contributed by atoms with Crippen LogP contribution in [0.3, 0.4) is 0 Å². The number of morpholine rings is 1. The molecule has 1 fully saturated rings. The second-order valence-corrected chi connectivity index (χ2v) is 4.85. The Morgan fingerprint density at radius 2 is 2.05 bits per heavy atom. The fourth-order valence-corrected chi connectivity index (χ4v) is 2.26. The molecule has 2 unspecified atom stereocenters. The van der Waals surface area contributed by atoms with E-state index in [-0.39, 0.29) is 30.5 Å². The van der Waals surface area contributed by atoms with Crippen molar-refractivity contribution in [2.45, 2.75) is 32.0 Å². The zero-order valence-electron chi connectivity index (χ0n) is 11.3. The average Bonchev–Trinajstić information content (AvgIpc) is 2.38. The maximum atomic E-state index is 12.2. The minimum Gasteiger partial charge on any atom is -0.374 e. The van der Waals surface area contributed by atoms with E-state index in [0.717, 1.165) is 5.56 Å². The third-order valence-electron chi connectivity index (χ3n) is 3.23. The largest absolute Gasteiger partial charge is 0.374 e. The van der Waals surface area contributed by atoms with Gasteiger partial charge in [-0.05, 0) is 19.4 Å². The van der Waals surface area contributed by atoms with E-state index < -0.39 is 6.04 Å². The topological polar surface area (TPSA) is 55.6 Å². The smallest absolute Gasteiger partial charge is 0.239 e. The molecule has 3 atom stereocenters. The molecule has 0 spiro atoms. The molecule has 0 saturated carbocycles. The first-order valence-electron chi connectivity index (χ1n) is 6.32. The molecule has 1 aliphatic heterocycles. The van der Waals surface area contributed by atoms with Crippen LogP contribution in [-0.4, -0.2) is 36.1 Å². The molecule has 5 heteroatoms. The van der Waals surface area contributed by atoms with Crippen LogP contribution in [0.4, 0.5) is 0 Å². The van der Waals surface area contributed by atoms with E-state index in [4.69, 9.17) is 10.5 Å². The molecule has 1 aromatic rings. The van der Waals surface area contributed by atoms with Crippen LogP contribution in [0, 0.1) is 0 Å². The Morgan fingerprint density at radius 1 is 1.42 bits per heavy atom. The number of halogens is 1. The van der Waals surface area contributed by atoms with Gasteiger partial charge in [0.15, 0.2) is 0 Å². The van der Waals surface area contributed by atoms with Crippen LogP contribution in [0.25, 0.3) is 0 Å². The van der Waals surface area contributed by atoms with Gasteiger partial charge in [-0.2, -0.15) is 0 Å². The van der Waals surface area contributed by atoms with E-state index in [1.807, 2.05) is 42.2 Å². The Kier molecular flexibility index (Phi) is 5.79. The summed E-state index contributed by atoms with van der Waals surface area (Å²) in [6.07, 6.45) is 0.0627. The van der Waals surface area contributed by atoms with Crippen molar-refractivity contribution in [2.75, 3.05) is 13.2 Å². The molecule has 19 heavy (non-hydrogen) atoms. The monoisotopic (exact) mass is 284 g/mol. The van der Waals surface area contributed by atoms with Gasteiger partial charge in [0, 0.05) is 6.54 Å². The summed E-state index contributed by atoms with van der Waals surface area (Å²) in [5.41, 5.74) is 6.82. The molecule has 2 N–H and O–H groups in total. The van der Waals surface area contributed by atoms with Crippen molar-refractivity contribution in [1.29, 1.82) is 0 Å². The van der Waals surface area contributed by atoms with Gasteiger partial charge in [0.05, 0.1) is 24.8 Å². The van der Waals surface area contributed by atoms with Gasteiger partial charge in [-0.1, -0.05) is 30.3 Å². The molecular weight excluding hydrogens is 264 g/mol. The predicted molar refractivity (Wildman–Crippen MR) is 77.2 cm³/mol. The van der Waals surface area contributed by atoms with Crippen molar-refractivity contribution in [3.63, 3.8) is 0 Å². The van der Waals surface area contributed by atoms with E-state index in [9.17, 15) is 4.79 Å². The summed E-state index contributed by atoms with van der Waals surface area (Å²) in [4.78, 5) is 14.0. The summed E-state index contributed by atoms with van der Waals surface area (Å²) in [5, 5.41) is 0. The van der Waals surface area contributed by atoms with E-state index in [1.54, 1.807) is 6.92 Å². The van der Waals surface area contributed by atoms with Gasteiger partial charge in [0.1, 0.15) is 0 Å². The molecular formula is C14H21ClN2O2. The molecule has 0 aromatic heterocycles. The molecule has 1 saturated heterocycles. The van der Waals surface area contributed by atoms with Crippen LogP contribution in [0.15, 0.2) is 30.3 Å². The number of nitrogens with two attached hydrogens (primary N) is 1. The lowest BCUT2D eigenvalue weighted by molar-refractivity contribution is -0.145. The van der Waals surface area contributed by atoms with Crippen molar-refractivity contribution in [3.8, 4) is 0 Å². The Balaban J connectivity index is 0.00000180. The number of ether oxygens (including phenoxy) is 1. The second kappa shape index (κ2) is 6.89. The SMILES string of the molecule is CC1CN(C(=O)[C@H](C)N)C(c2ccccc2)CO1.Cl. The highest BCUT2D eigenvalue weighted by Crippen LogP contribution is 2.26. The van der Waals surface area contributed by atoms with Crippen LogP contribution in [0.5, 0.6) is 0 Å². The van der Waals surface area contributed by atoms with E-state index >= 15 is 0 Å². The summed E-state index contributed by atoms with van der Waals surface area (Å²) in [6, 6.07) is 9.45. The lowest BCUT2D eigenvalue weighted by Gasteiger charge is -2.39. The molecule has 0 bridgehead atoms. The van der Waals surface area contributed by atoms with Gasteiger partial charge in [-0.25, -0.2) is 0 Å². The van der Waals surface area contributed by atoms with Crippen LogP contribution in [-0.2, 0) is 9.53 Å². The lowest BCUT2D eigenvalue weighted by atomic mass is 10.0. The van der Waals surface area contributed by atoms with E-state index in [0.29, 0.717) is 13.2 Å². The number of nitrogens with zero attached hydrogens (tertiary/aromatic N) is 1. The van der Waals surface area contributed by atoms with Crippen LogP contribution < -0.4 is 5.73 Å². The first-order valence-corrected chi connectivity index (χ1v) is 6.32. The third kappa shape index (κ3) is 3.69. The fourth-order valence-electron chi connectivity index (χ4n) is 2.26. The maximum absolute atomic E-state index is 12.2. The molecule has 0 radical (unpaired) electrons. The van der Waals surface area contributed by atoms with Crippen LogP contribution >= 0.6 is 12.4 Å². The zero-order chi connectivity index (χ0) is 13.1. The summed E-state index contributed by atoms with van der Waals surface area (Å²) in [7, 11) is 0. The number of carbonyl (C=O) groups is 1. The minimum atomic E-state index is -0.471. The average molecular weight is 285 g/mol. The van der Waals surface area contributed by atoms with Crippen molar-refractivity contribution in [3.05, 3.63) is 35.9 Å². The van der Waals surface area contributed by atoms with Crippen molar-refractivity contribution in [2.24, 2.45) is 5.73 Å². The Hall–Kier alpha value is -1.10. The number of benzene rings is 1. The quantitative estimate of drug-likeness (QED) is 0.900. The third-order valence-corrected chi connectivity index (χ3v) is 3.23. The summed E-state index contributed by atoms with van der Waals surface area (Å²) >= 11 is 0. The highest BCUT2D eigenvalue weighted by molar-refractivity contribution is 5.85. The van der Waals surface area contributed by atoms with Crippen molar-refractivity contribution in [1.82, 2.24) is 4.90 Å². The van der Waals surface area contributed by atoms with Crippen molar-refractivity contribution < 1.29 is 9.53 Å². The van der Waals surface area contributed by atoms with Gasteiger partial charge < -0.3 is 15.4 Å². The molecule has 2 rings (SSSR count). The molecule has 4 nitrogen and oxygen atoms in total. The number of carbonyl (C=O) groups excluding carboxylic acids is 1. The molecule has 1 amide bonds.